The number of nitrogens with one attached hydrogen (secondary N) is 1. The number of rotatable bonds is 2. The second-order valence-electron chi connectivity index (χ2n) is 3.90. The van der Waals surface area contributed by atoms with E-state index in [2.05, 4.69) is 42.2 Å². The molecule has 0 saturated carbocycles. The first-order valence-corrected chi connectivity index (χ1v) is 7.32. The average Bonchev–Trinajstić information content (AvgIpc) is 2.37. The number of carbonyl (C=O) groups is 1. The summed E-state index contributed by atoms with van der Waals surface area (Å²) in [5.74, 6) is 0.281. The van der Waals surface area contributed by atoms with Crippen LogP contribution in [0.4, 0.5) is 5.82 Å². The molecule has 19 heavy (non-hydrogen) atoms. The third-order valence-corrected chi connectivity index (χ3v) is 4.51. The summed E-state index contributed by atoms with van der Waals surface area (Å²) in [6.45, 7) is 1.93. The van der Waals surface area contributed by atoms with Crippen LogP contribution in [-0.2, 0) is 0 Å². The SMILES string of the molecule is Cc1cc(NC(=O)c2ccc(Cl)c(Br)c2)ncc1Br. The van der Waals surface area contributed by atoms with Crippen LogP contribution < -0.4 is 5.32 Å². The number of benzene rings is 1. The fraction of sp³-hybridized carbons (Fsp3) is 0.0769. The third-order valence-electron chi connectivity index (χ3n) is 2.47. The standard InChI is InChI=1S/C13H9Br2ClN2O/c1-7-4-12(17-6-10(7)15)18-13(19)8-2-3-11(16)9(14)5-8/h2-6H,1H3,(H,17,18,19). The second kappa shape index (κ2) is 6.03. The van der Waals surface area contributed by atoms with Crippen LogP contribution in [0.2, 0.25) is 5.02 Å². The second-order valence-corrected chi connectivity index (χ2v) is 6.02. The smallest absolute Gasteiger partial charge is 0.256 e. The van der Waals surface area contributed by atoms with Gasteiger partial charge in [0.05, 0.1) is 5.02 Å². The van der Waals surface area contributed by atoms with Crippen LogP contribution in [0.1, 0.15) is 15.9 Å². The molecule has 0 atom stereocenters. The lowest BCUT2D eigenvalue weighted by atomic mass is 10.2. The number of amides is 1. The number of aromatic nitrogens is 1. The zero-order chi connectivity index (χ0) is 14.0. The zero-order valence-electron chi connectivity index (χ0n) is 9.88. The maximum Gasteiger partial charge on any atom is 0.256 e. The molecule has 1 heterocycles. The van der Waals surface area contributed by atoms with Crippen molar-refractivity contribution in [2.45, 2.75) is 6.92 Å². The topological polar surface area (TPSA) is 42.0 Å². The maximum absolute atomic E-state index is 12.0. The van der Waals surface area contributed by atoms with E-state index < -0.39 is 0 Å². The highest BCUT2D eigenvalue weighted by atomic mass is 79.9. The van der Waals surface area contributed by atoms with Gasteiger partial charge in [0.15, 0.2) is 0 Å². The summed E-state index contributed by atoms with van der Waals surface area (Å²) in [4.78, 5) is 16.2. The van der Waals surface area contributed by atoms with E-state index in [1.54, 1.807) is 30.5 Å². The van der Waals surface area contributed by atoms with Gasteiger partial charge in [-0.25, -0.2) is 4.98 Å². The molecule has 1 N–H and O–H groups in total. The molecular formula is C13H9Br2ClN2O. The van der Waals surface area contributed by atoms with Crippen LogP contribution in [0.15, 0.2) is 39.4 Å². The molecule has 0 spiro atoms. The lowest BCUT2D eigenvalue weighted by Gasteiger charge is -2.07. The van der Waals surface area contributed by atoms with Crippen molar-refractivity contribution in [3.8, 4) is 0 Å². The highest BCUT2D eigenvalue weighted by Gasteiger charge is 2.09. The molecule has 0 bridgehead atoms. The summed E-state index contributed by atoms with van der Waals surface area (Å²) in [5, 5.41) is 3.30. The first-order chi connectivity index (χ1) is 8.97. The third kappa shape index (κ3) is 3.55. The summed E-state index contributed by atoms with van der Waals surface area (Å²) in [5.41, 5.74) is 1.52. The monoisotopic (exact) mass is 402 g/mol. The number of hydrogen-bond acceptors (Lipinski definition) is 2. The van der Waals surface area contributed by atoms with Crippen LogP contribution in [-0.4, -0.2) is 10.9 Å². The van der Waals surface area contributed by atoms with Crippen molar-refractivity contribution in [2.24, 2.45) is 0 Å². The number of anilines is 1. The van der Waals surface area contributed by atoms with Gasteiger partial charge in [-0.05, 0) is 68.6 Å². The summed E-state index contributed by atoms with van der Waals surface area (Å²) in [7, 11) is 0. The minimum Gasteiger partial charge on any atom is -0.307 e. The number of pyridine rings is 1. The molecule has 1 amide bonds. The van der Waals surface area contributed by atoms with Gasteiger partial charge >= 0.3 is 0 Å². The van der Waals surface area contributed by atoms with Gasteiger partial charge in [0.25, 0.3) is 5.91 Å². The molecule has 0 radical (unpaired) electrons. The van der Waals surface area contributed by atoms with Gasteiger partial charge in [0, 0.05) is 20.7 Å². The predicted octanol–water partition coefficient (Wildman–Crippen LogP) is 4.82. The average molecular weight is 404 g/mol. The molecule has 0 aliphatic heterocycles. The van der Waals surface area contributed by atoms with Crippen LogP contribution >= 0.6 is 43.5 Å². The molecule has 98 valence electrons. The van der Waals surface area contributed by atoms with Crippen molar-refractivity contribution in [1.82, 2.24) is 4.98 Å². The Kier molecular flexibility index (Phi) is 4.60. The Labute approximate surface area is 132 Å². The molecular weight excluding hydrogens is 395 g/mol. The molecule has 2 aromatic rings. The van der Waals surface area contributed by atoms with E-state index in [1.807, 2.05) is 6.92 Å². The lowest BCUT2D eigenvalue weighted by molar-refractivity contribution is 0.102. The lowest BCUT2D eigenvalue weighted by Crippen LogP contribution is -2.13. The number of nitrogens with zero attached hydrogens (tertiary/aromatic N) is 1. The Morgan fingerprint density at radius 1 is 1.26 bits per heavy atom. The fourth-order valence-corrected chi connectivity index (χ4v) is 2.15. The molecule has 1 aromatic carbocycles. The summed E-state index contributed by atoms with van der Waals surface area (Å²) in [6.07, 6.45) is 1.66. The van der Waals surface area contributed by atoms with Gasteiger partial charge in [0.1, 0.15) is 5.82 Å². The minimum atomic E-state index is -0.230. The normalized spacial score (nSPS) is 10.3. The summed E-state index contributed by atoms with van der Waals surface area (Å²) in [6, 6.07) is 6.80. The molecule has 0 aliphatic rings. The molecule has 0 aliphatic carbocycles. The Hall–Kier alpha value is -0.910. The maximum atomic E-state index is 12.0. The van der Waals surface area contributed by atoms with Gasteiger partial charge in [-0.15, -0.1) is 0 Å². The number of aryl methyl sites for hydroxylation is 1. The first kappa shape index (κ1) is 14.5. The highest BCUT2D eigenvalue weighted by Crippen LogP contribution is 2.24. The van der Waals surface area contributed by atoms with Gasteiger partial charge < -0.3 is 5.32 Å². The molecule has 1 aromatic heterocycles. The number of hydrogen-bond donors (Lipinski definition) is 1. The fourth-order valence-electron chi connectivity index (χ4n) is 1.43. The largest absolute Gasteiger partial charge is 0.307 e. The summed E-state index contributed by atoms with van der Waals surface area (Å²) < 4.78 is 1.58. The van der Waals surface area contributed by atoms with Gasteiger partial charge in [-0.1, -0.05) is 11.6 Å². The molecule has 3 nitrogen and oxygen atoms in total. The molecule has 0 fully saturated rings. The Morgan fingerprint density at radius 2 is 2.00 bits per heavy atom. The van der Waals surface area contributed by atoms with Crippen LogP contribution in [0, 0.1) is 6.92 Å². The molecule has 0 unspecified atom stereocenters. The van der Waals surface area contributed by atoms with Crippen molar-refractivity contribution >= 4 is 55.2 Å². The van der Waals surface area contributed by atoms with Crippen molar-refractivity contribution in [3.05, 3.63) is 55.6 Å². The molecule has 0 saturated heterocycles. The Morgan fingerprint density at radius 3 is 2.63 bits per heavy atom. The van der Waals surface area contributed by atoms with E-state index in [0.717, 1.165) is 10.0 Å². The molecule has 2 rings (SSSR count). The Bertz CT molecular complexity index is 647. The van der Waals surface area contributed by atoms with Crippen LogP contribution in [0.5, 0.6) is 0 Å². The van der Waals surface area contributed by atoms with Crippen molar-refractivity contribution in [1.29, 1.82) is 0 Å². The number of halogens is 3. The first-order valence-electron chi connectivity index (χ1n) is 5.36. The van der Waals surface area contributed by atoms with Crippen molar-refractivity contribution in [3.63, 3.8) is 0 Å². The number of carbonyl (C=O) groups excluding carboxylic acids is 1. The van der Waals surface area contributed by atoms with E-state index in [9.17, 15) is 4.79 Å². The quantitative estimate of drug-likeness (QED) is 0.780. The summed E-state index contributed by atoms with van der Waals surface area (Å²) >= 11 is 12.5. The predicted molar refractivity (Wildman–Crippen MR) is 83.8 cm³/mol. The van der Waals surface area contributed by atoms with E-state index in [-0.39, 0.29) is 5.91 Å². The van der Waals surface area contributed by atoms with Crippen molar-refractivity contribution in [2.75, 3.05) is 5.32 Å². The van der Waals surface area contributed by atoms with Crippen LogP contribution in [0.3, 0.4) is 0 Å². The van der Waals surface area contributed by atoms with Crippen molar-refractivity contribution < 1.29 is 4.79 Å². The minimum absolute atomic E-state index is 0.230. The van der Waals surface area contributed by atoms with Gasteiger partial charge in [0.2, 0.25) is 0 Å². The highest BCUT2D eigenvalue weighted by molar-refractivity contribution is 9.10. The zero-order valence-corrected chi connectivity index (χ0v) is 13.8. The Balaban J connectivity index is 2.20. The van der Waals surface area contributed by atoms with E-state index in [1.165, 1.54) is 0 Å². The molecule has 6 heteroatoms. The van der Waals surface area contributed by atoms with E-state index >= 15 is 0 Å². The van der Waals surface area contributed by atoms with E-state index in [0.29, 0.717) is 20.9 Å². The van der Waals surface area contributed by atoms with Gasteiger partial charge in [-0.3, -0.25) is 4.79 Å². The van der Waals surface area contributed by atoms with Gasteiger partial charge in [-0.2, -0.15) is 0 Å². The van der Waals surface area contributed by atoms with Crippen LogP contribution in [0.25, 0.3) is 0 Å². The van der Waals surface area contributed by atoms with E-state index in [4.69, 9.17) is 11.6 Å².